The number of ether oxygens (including phenoxy) is 1. The first-order valence-corrected chi connectivity index (χ1v) is 7.36. The average Bonchev–Trinajstić information content (AvgIpc) is 3.20. The van der Waals surface area contributed by atoms with Gasteiger partial charge in [-0.15, -0.1) is 0 Å². The van der Waals surface area contributed by atoms with E-state index in [2.05, 4.69) is 5.32 Å². The summed E-state index contributed by atoms with van der Waals surface area (Å²) < 4.78 is 43.3. The molecule has 2 fully saturated rings. The first kappa shape index (κ1) is 15.6. The van der Waals surface area contributed by atoms with Gasteiger partial charge in [-0.2, -0.15) is 13.2 Å². The number of hydrogen-bond donors (Lipinski definition) is 1. The maximum absolute atomic E-state index is 12.7. The average molecular weight is 293 g/mol. The number of carbonyl (C=O) groups is 1. The molecule has 0 saturated heterocycles. The van der Waals surface area contributed by atoms with Gasteiger partial charge in [0.15, 0.2) is 0 Å². The highest BCUT2D eigenvalue weighted by Crippen LogP contribution is 2.42. The second-order valence-corrected chi connectivity index (χ2v) is 5.94. The summed E-state index contributed by atoms with van der Waals surface area (Å²) in [5.74, 6) is -1.10. The van der Waals surface area contributed by atoms with Crippen LogP contribution >= 0.6 is 0 Å². The summed E-state index contributed by atoms with van der Waals surface area (Å²) in [7, 11) is 0. The summed E-state index contributed by atoms with van der Waals surface area (Å²) in [6.45, 7) is 2.68. The molecule has 2 saturated carbocycles. The minimum atomic E-state index is -4.16. The fraction of sp³-hybridized carbons (Fsp3) is 0.929. The quantitative estimate of drug-likeness (QED) is 0.792. The minimum Gasteiger partial charge on any atom is -0.465 e. The van der Waals surface area contributed by atoms with Crippen LogP contribution in [0.3, 0.4) is 0 Å². The summed E-state index contributed by atoms with van der Waals surface area (Å²) in [5.41, 5.74) is -0.902. The van der Waals surface area contributed by atoms with Gasteiger partial charge in [0.25, 0.3) is 0 Å². The van der Waals surface area contributed by atoms with Crippen LogP contribution in [0.4, 0.5) is 13.2 Å². The highest BCUT2D eigenvalue weighted by Gasteiger charge is 2.49. The van der Waals surface area contributed by atoms with Crippen molar-refractivity contribution >= 4 is 5.97 Å². The molecular formula is C14H22F3NO2. The largest absolute Gasteiger partial charge is 0.465 e. The Morgan fingerprint density at radius 1 is 1.25 bits per heavy atom. The van der Waals surface area contributed by atoms with Crippen molar-refractivity contribution in [3.63, 3.8) is 0 Å². The van der Waals surface area contributed by atoms with Gasteiger partial charge in [-0.25, -0.2) is 0 Å². The summed E-state index contributed by atoms with van der Waals surface area (Å²) >= 11 is 0. The fourth-order valence-electron chi connectivity index (χ4n) is 2.82. The third kappa shape index (κ3) is 3.65. The molecule has 0 heterocycles. The van der Waals surface area contributed by atoms with Gasteiger partial charge < -0.3 is 10.1 Å². The number of esters is 1. The standard InChI is InChI=1S/C14H22F3NO2/c1-2-20-12(19)13(18-9-10-3-4-10)7-5-11(6-8-13)14(15,16)17/h10-11,18H,2-9H2,1H3. The maximum atomic E-state index is 12.7. The van der Waals surface area contributed by atoms with E-state index in [1.165, 1.54) is 0 Å². The predicted molar refractivity (Wildman–Crippen MR) is 68.1 cm³/mol. The zero-order valence-electron chi connectivity index (χ0n) is 11.8. The smallest absolute Gasteiger partial charge is 0.391 e. The van der Waals surface area contributed by atoms with Crippen LogP contribution in [-0.2, 0) is 9.53 Å². The van der Waals surface area contributed by atoms with E-state index in [9.17, 15) is 18.0 Å². The maximum Gasteiger partial charge on any atom is 0.391 e. The normalized spacial score (nSPS) is 31.1. The van der Waals surface area contributed by atoms with Crippen molar-refractivity contribution in [3.8, 4) is 0 Å². The predicted octanol–water partition coefficient (Wildman–Crippen LogP) is 3.04. The lowest BCUT2D eigenvalue weighted by Gasteiger charge is -2.39. The molecule has 0 amide bonds. The molecule has 0 radical (unpaired) electrons. The van der Waals surface area contributed by atoms with Crippen molar-refractivity contribution < 1.29 is 22.7 Å². The molecule has 0 aromatic carbocycles. The second kappa shape index (κ2) is 5.92. The van der Waals surface area contributed by atoms with Gasteiger partial charge >= 0.3 is 12.1 Å². The topological polar surface area (TPSA) is 38.3 Å². The Morgan fingerprint density at radius 3 is 2.30 bits per heavy atom. The second-order valence-electron chi connectivity index (χ2n) is 5.94. The summed E-state index contributed by atoms with van der Waals surface area (Å²) in [4.78, 5) is 12.1. The van der Waals surface area contributed by atoms with E-state index in [-0.39, 0.29) is 38.3 Å². The molecule has 2 aliphatic carbocycles. The minimum absolute atomic E-state index is 0.0000189. The molecule has 0 aromatic rings. The van der Waals surface area contributed by atoms with Gasteiger partial charge in [0.1, 0.15) is 5.54 Å². The molecule has 0 atom stereocenters. The summed E-state index contributed by atoms with van der Waals surface area (Å²) in [5, 5.41) is 3.21. The zero-order chi connectivity index (χ0) is 14.8. The Labute approximate surface area is 117 Å². The highest BCUT2D eigenvalue weighted by molar-refractivity contribution is 5.81. The molecule has 20 heavy (non-hydrogen) atoms. The molecule has 3 nitrogen and oxygen atoms in total. The van der Waals surface area contributed by atoms with Crippen LogP contribution in [0.2, 0.25) is 0 Å². The van der Waals surface area contributed by atoms with Crippen molar-refractivity contribution in [2.45, 2.75) is 57.2 Å². The van der Waals surface area contributed by atoms with Crippen molar-refractivity contribution in [3.05, 3.63) is 0 Å². The number of halogens is 3. The Hall–Kier alpha value is -0.780. The van der Waals surface area contributed by atoms with Crippen LogP contribution in [0.5, 0.6) is 0 Å². The van der Waals surface area contributed by atoms with E-state index in [1.807, 2.05) is 0 Å². The first-order chi connectivity index (χ1) is 9.37. The van der Waals surface area contributed by atoms with E-state index in [0.717, 1.165) is 12.8 Å². The number of hydrogen-bond acceptors (Lipinski definition) is 3. The lowest BCUT2D eigenvalue weighted by molar-refractivity contribution is -0.189. The Morgan fingerprint density at radius 2 is 1.85 bits per heavy atom. The molecule has 6 heteroatoms. The zero-order valence-corrected chi connectivity index (χ0v) is 11.8. The van der Waals surface area contributed by atoms with Gasteiger partial charge in [-0.05, 0) is 57.9 Å². The van der Waals surface area contributed by atoms with Crippen LogP contribution in [-0.4, -0.2) is 30.8 Å². The van der Waals surface area contributed by atoms with Crippen molar-refractivity contribution in [1.29, 1.82) is 0 Å². The third-order valence-electron chi connectivity index (χ3n) is 4.39. The van der Waals surface area contributed by atoms with Gasteiger partial charge in [-0.3, -0.25) is 4.79 Å². The molecule has 0 spiro atoms. The molecule has 2 rings (SSSR count). The molecular weight excluding hydrogens is 271 g/mol. The van der Waals surface area contributed by atoms with Crippen LogP contribution < -0.4 is 5.32 Å². The Balaban J connectivity index is 1.98. The van der Waals surface area contributed by atoms with Crippen LogP contribution in [0.1, 0.15) is 45.4 Å². The fourth-order valence-corrected chi connectivity index (χ4v) is 2.82. The van der Waals surface area contributed by atoms with Crippen LogP contribution in [0.15, 0.2) is 0 Å². The van der Waals surface area contributed by atoms with Gasteiger partial charge in [0, 0.05) is 0 Å². The number of carbonyl (C=O) groups excluding carboxylic acids is 1. The number of nitrogens with one attached hydrogen (secondary N) is 1. The SMILES string of the molecule is CCOC(=O)C1(NCC2CC2)CCC(C(F)(F)F)CC1. The molecule has 2 aliphatic rings. The first-order valence-electron chi connectivity index (χ1n) is 7.36. The van der Waals surface area contributed by atoms with Crippen LogP contribution in [0.25, 0.3) is 0 Å². The van der Waals surface area contributed by atoms with Crippen molar-refractivity contribution in [2.75, 3.05) is 13.2 Å². The van der Waals surface area contributed by atoms with Gasteiger partial charge in [-0.1, -0.05) is 0 Å². The van der Waals surface area contributed by atoms with E-state index in [0.29, 0.717) is 12.5 Å². The summed E-state index contributed by atoms with van der Waals surface area (Å²) in [6.07, 6.45) is -1.46. The third-order valence-corrected chi connectivity index (χ3v) is 4.39. The lowest BCUT2D eigenvalue weighted by Crippen LogP contribution is -2.56. The Kier molecular flexibility index (Phi) is 4.62. The van der Waals surface area contributed by atoms with Crippen molar-refractivity contribution in [1.82, 2.24) is 5.32 Å². The Bertz CT molecular complexity index is 345. The van der Waals surface area contributed by atoms with E-state index in [4.69, 9.17) is 4.74 Å². The van der Waals surface area contributed by atoms with Gasteiger partial charge in [0.05, 0.1) is 12.5 Å². The van der Waals surface area contributed by atoms with E-state index in [1.54, 1.807) is 6.92 Å². The van der Waals surface area contributed by atoms with Crippen molar-refractivity contribution in [2.24, 2.45) is 11.8 Å². The number of rotatable bonds is 5. The molecule has 0 aliphatic heterocycles. The van der Waals surface area contributed by atoms with E-state index >= 15 is 0 Å². The lowest BCUT2D eigenvalue weighted by atomic mass is 9.76. The summed E-state index contributed by atoms with van der Waals surface area (Å²) in [6, 6.07) is 0. The molecule has 1 N–H and O–H groups in total. The monoisotopic (exact) mass is 293 g/mol. The molecule has 0 aromatic heterocycles. The molecule has 0 bridgehead atoms. The van der Waals surface area contributed by atoms with Crippen LogP contribution in [0, 0.1) is 11.8 Å². The molecule has 116 valence electrons. The molecule has 0 unspecified atom stereocenters. The van der Waals surface area contributed by atoms with E-state index < -0.39 is 17.6 Å². The van der Waals surface area contributed by atoms with Gasteiger partial charge in [0.2, 0.25) is 0 Å². The highest BCUT2D eigenvalue weighted by atomic mass is 19.4. The number of alkyl halides is 3.